The van der Waals surface area contributed by atoms with Crippen LogP contribution in [0.2, 0.25) is 0 Å². The molecule has 0 aliphatic heterocycles. The fourth-order valence-electron chi connectivity index (χ4n) is 1.72. The molecule has 0 unspecified atom stereocenters. The molecule has 1 nitrogen and oxygen atoms in total. The van der Waals surface area contributed by atoms with Gasteiger partial charge in [0.1, 0.15) is 0 Å². The van der Waals surface area contributed by atoms with Crippen molar-refractivity contribution >= 4 is 35.7 Å². The number of ether oxygens (including phenoxy) is 1. The Morgan fingerprint density at radius 3 is 1.95 bits per heavy atom. The van der Waals surface area contributed by atoms with Gasteiger partial charge in [-0.3, -0.25) is 0 Å². The molecule has 0 aromatic rings. The van der Waals surface area contributed by atoms with E-state index in [4.69, 9.17) is 27.2 Å². The summed E-state index contributed by atoms with van der Waals surface area (Å²) < 4.78 is 6.04. The second-order valence-electron chi connectivity index (χ2n) is 4.77. The van der Waals surface area contributed by atoms with Gasteiger partial charge >= 0.3 is 130 Å². The summed E-state index contributed by atoms with van der Waals surface area (Å²) in [5, 5.41) is -2.85. The quantitative estimate of drug-likeness (QED) is 0.234. The first-order chi connectivity index (χ1) is 8.86. The zero-order chi connectivity index (χ0) is 15.0. The molecule has 0 spiro atoms. The monoisotopic (exact) mass is 346 g/mol. The maximum atomic E-state index is 6.88. The van der Waals surface area contributed by atoms with Crippen LogP contribution in [0.3, 0.4) is 0 Å². The van der Waals surface area contributed by atoms with Crippen molar-refractivity contribution in [3.63, 3.8) is 0 Å². The summed E-state index contributed by atoms with van der Waals surface area (Å²) in [5.74, 6) is 2.27. The number of hydrogen-bond acceptors (Lipinski definition) is 1. The van der Waals surface area contributed by atoms with Gasteiger partial charge in [0.15, 0.2) is 0 Å². The Balaban J connectivity index is 5.26. The van der Waals surface area contributed by atoms with Crippen molar-refractivity contribution in [2.24, 2.45) is 0 Å². The maximum absolute atomic E-state index is 6.88. The summed E-state index contributed by atoms with van der Waals surface area (Å²) in [5.41, 5.74) is 0.919. The van der Waals surface area contributed by atoms with Gasteiger partial charge in [-0.25, -0.2) is 0 Å². The van der Waals surface area contributed by atoms with E-state index in [9.17, 15) is 0 Å². The van der Waals surface area contributed by atoms with Crippen molar-refractivity contribution in [3.8, 4) is 0 Å². The minimum absolute atomic E-state index is 0.147. The summed E-state index contributed by atoms with van der Waals surface area (Å²) in [7, 11) is -0.147. The third-order valence-corrected chi connectivity index (χ3v) is 13.6. The molecule has 0 aliphatic rings. The molecule has 0 radical (unpaired) electrons. The zero-order valence-electron chi connectivity index (χ0n) is 13.1. The van der Waals surface area contributed by atoms with Crippen molar-refractivity contribution in [3.05, 3.63) is 11.3 Å². The van der Waals surface area contributed by atoms with E-state index >= 15 is 0 Å². The van der Waals surface area contributed by atoms with Gasteiger partial charge in [0, 0.05) is 0 Å². The van der Waals surface area contributed by atoms with Gasteiger partial charge in [0.25, 0.3) is 0 Å². The molecule has 0 saturated heterocycles. The van der Waals surface area contributed by atoms with Crippen molar-refractivity contribution < 1.29 is 4.74 Å². The molecule has 0 saturated carbocycles. The summed E-state index contributed by atoms with van der Waals surface area (Å²) in [6.07, 6.45) is 6.10. The fourth-order valence-corrected chi connectivity index (χ4v) is 6.93. The van der Waals surface area contributed by atoms with Crippen LogP contribution < -0.4 is 0 Å². The van der Waals surface area contributed by atoms with Gasteiger partial charge in [0.05, 0.1) is 0 Å². The molecule has 0 amide bonds. The molecule has 0 aromatic heterocycles. The molecule has 116 valence electrons. The van der Waals surface area contributed by atoms with Gasteiger partial charge in [-0.15, -0.1) is 0 Å². The van der Waals surface area contributed by atoms with Crippen molar-refractivity contribution in [2.45, 2.75) is 47.5 Å². The first kappa shape index (κ1) is 20.0. The average molecular weight is 347 g/mol. The molecule has 0 rings (SSSR count). The number of hydrogen-bond donors (Lipinski definition) is 0. The van der Waals surface area contributed by atoms with Gasteiger partial charge in [-0.2, -0.15) is 0 Å². The van der Waals surface area contributed by atoms with Crippen LogP contribution in [0.25, 0.3) is 0 Å². The summed E-state index contributed by atoms with van der Waals surface area (Å²) in [4.78, 5) is 0. The summed E-state index contributed by atoms with van der Waals surface area (Å²) in [6.45, 7) is 11.5. The molecule has 19 heavy (non-hydrogen) atoms. The van der Waals surface area contributed by atoms with E-state index in [0.717, 1.165) is 37.3 Å². The predicted molar refractivity (Wildman–Crippen MR) is 96.7 cm³/mol. The second-order valence-corrected chi connectivity index (χ2v) is 17.1. The van der Waals surface area contributed by atoms with Crippen molar-refractivity contribution in [1.82, 2.24) is 0 Å². The van der Waals surface area contributed by atoms with E-state index in [1.807, 2.05) is 0 Å². The second kappa shape index (κ2) is 9.09. The third kappa shape index (κ3) is 6.09. The molecule has 0 N–H and O–H groups in total. The molecule has 0 heterocycles. The van der Waals surface area contributed by atoms with Crippen LogP contribution in [0.1, 0.15) is 47.5 Å². The predicted octanol–water partition coefficient (Wildman–Crippen LogP) is 7.02. The van der Waals surface area contributed by atoms with E-state index in [1.54, 1.807) is 0 Å². The van der Waals surface area contributed by atoms with Crippen LogP contribution in [-0.4, -0.2) is 31.3 Å². The minimum atomic E-state index is -2.85. The Hall–Kier alpha value is 0.980. The van der Waals surface area contributed by atoms with Gasteiger partial charge in [0.2, 0.25) is 0 Å². The van der Waals surface area contributed by atoms with E-state index in [0.29, 0.717) is 0 Å². The van der Waals surface area contributed by atoms with Crippen LogP contribution >= 0.6 is 35.7 Å². The molecular weight excluding hydrogens is 317 g/mol. The third-order valence-electron chi connectivity index (χ3n) is 3.57. The van der Waals surface area contributed by atoms with E-state index in [1.165, 1.54) is 12.3 Å². The van der Waals surface area contributed by atoms with Gasteiger partial charge in [-0.1, -0.05) is 0 Å². The molecule has 0 atom stereocenters. The number of unbranched alkanes of at least 4 members (excludes halogenated alkanes) is 1. The summed E-state index contributed by atoms with van der Waals surface area (Å²) in [6, 6.07) is 0. The van der Waals surface area contributed by atoms with E-state index < -0.39 is 5.31 Å². The fraction of sp³-hybridized carbons (Fsp3) is 0.857. The molecule has 0 fully saturated rings. The first-order valence-electron chi connectivity index (χ1n) is 7.40. The van der Waals surface area contributed by atoms with Crippen LogP contribution in [0.5, 0.6) is 0 Å². The Morgan fingerprint density at radius 2 is 1.58 bits per heavy atom. The van der Waals surface area contributed by atoms with Crippen molar-refractivity contribution in [2.75, 3.05) is 31.3 Å². The zero-order valence-corrected chi connectivity index (χ0v) is 16.4. The number of rotatable bonds is 10. The standard InChI is InChI=1S/C14H30Cl2OP2/c1-6-11-12-17-14(13-18(7-2)8-3)19(15,16,9-4)10-5/h13H,6-12H2,1-5H3. The molecule has 0 bridgehead atoms. The normalized spacial score (nSPS) is 15.4. The van der Waals surface area contributed by atoms with Crippen LogP contribution in [0.4, 0.5) is 0 Å². The Labute approximate surface area is 130 Å². The molecule has 0 aromatic carbocycles. The van der Waals surface area contributed by atoms with E-state index in [2.05, 4.69) is 40.4 Å². The van der Waals surface area contributed by atoms with Gasteiger partial charge < -0.3 is 0 Å². The Bertz CT molecular complexity index is 281. The summed E-state index contributed by atoms with van der Waals surface area (Å²) >= 11 is 13.8. The van der Waals surface area contributed by atoms with E-state index in [-0.39, 0.29) is 7.92 Å². The topological polar surface area (TPSA) is 9.23 Å². The van der Waals surface area contributed by atoms with Crippen LogP contribution in [0, 0.1) is 0 Å². The molecule has 5 heteroatoms. The van der Waals surface area contributed by atoms with Crippen LogP contribution in [-0.2, 0) is 4.74 Å². The Morgan fingerprint density at radius 1 is 1.05 bits per heavy atom. The molecular formula is C14H30Cl2OP2. The first-order valence-corrected chi connectivity index (χ1v) is 13.6. The number of halogens is 2. The van der Waals surface area contributed by atoms with Crippen molar-refractivity contribution in [1.29, 1.82) is 0 Å². The average Bonchev–Trinajstić information content (AvgIpc) is 2.43. The van der Waals surface area contributed by atoms with Gasteiger partial charge in [-0.05, 0) is 0 Å². The molecule has 0 aliphatic carbocycles. The SMILES string of the molecule is CCCCOC(=CP(CC)CC)P(Cl)(Cl)(CC)CC. The van der Waals surface area contributed by atoms with Crippen LogP contribution in [0.15, 0.2) is 11.3 Å². The Kier molecular flexibility index (Phi) is 9.56.